The molecule has 1 heterocycles. The van der Waals surface area contributed by atoms with Gasteiger partial charge in [-0.3, -0.25) is 0 Å². The first-order valence-corrected chi connectivity index (χ1v) is 4.95. The molecule has 2 nitrogen and oxygen atoms in total. The zero-order chi connectivity index (χ0) is 9.19. The van der Waals surface area contributed by atoms with Crippen LogP contribution in [0.1, 0.15) is 30.7 Å². The highest BCUT2D eigenvalue weighted by molar-refractivity contribution is 7.11. The highest BCUT2D eigenvalue weighted by Crippen LogP contribution is 2.27. The van der Waals surface area contributed by atoms with Crippen molar-refractivity contribution in [3.8, 4) is 0 Å². The third-order valence-electron chi connectivity index (χ3n) is 1.64. The van der Waals surface area contributed by atoms with Crippen LogP contribution >= 0.6 is 11.3 Å². The molecule has 0 aliphatic heterocycles. The Morgan fingerprint density at radius 1 is 1.58 bits per heavy atom. The van der Waals surface area contributed by atoms with Gasteiger partial charge in [0.25, 0.3) is 0 Å². The molecule has 1 rings (SSSR count). The average molecular weight is 185 g/mol. The molecule has 0 atom stereocenters. The Bertz CT molecular complexity index is 255. The van der Waals surface area contributed by atoms with E-state index in [2.05, 4.69) is 25.8 Å². The monoisotopic (exact) mass is 185 g/mol. The van der Waals surface area contributed by atoms with Crippen LogP contribution in [0.3, 0.4) is 0 Å². The summed E-state index contributed by atoms with van der Waals surface area (Å²) in [5.41, 5.74) is -0.228. The topological polar surface area (TPSA) is 22.1 Å². The van der Waals surface area contributed by atoms with Gasteiger partial charge >= 0.3 is 0 Å². The smallest absolute Gasteiger partial charge is 0.124 e. The fraction of sp³-hybridized carbons (Fsp3) is 0.667. The lowest BCUT2D eigenvalue weighted by molar-refractivity contribution is -0.0141. The van der Waals surface area contributed by atoms with Crippen LogP contribution in [0.15, 0.2) is 6.20 Å². The fourth-order valence-electron chi connectivity index (χ4n) is 1.06. The van der Waals surface area contributed by atoms with Gasteiger partial charge < -0.3 is 4.74 Å². The predicted octanol–water partition coefficient (Wildman–Crippen LogP) is 2.72. The summed E-state index contributed by atoms with van der Waals surface area (Å²) in [4.78, 5) is 5.53. The minimum Gasteiger partial charge on any atom is -0.369 e. The Labute approximate surface area is 77.6 Å². The van der Waals surface area contributed by atoms with Crippen LogP contribution in [0.4, 0.5) is 0 Å². The summed E-state index contributed by atoms with van der Waals surface area (Å²) in [6.45, 7) is 8.89. The van der Waals surface area contributed by atoms with Crippen LogP contribution < -0.4 is 0 Å². The highest BCUT2D eigenvalue weighted by atomic mass is 32.1. The van der Waals surface area contributed by atoms with Crippen molar-refractivity contribution in [3.05, 3.63) is 16.1 Å². The van der Waals surface area contributed by atoms with Crippen LogP contribution in [-0.2, 0) is 10.3 Å². The largest absolute Gasteiger partial charge is 0.369 e. The van der Waals surface area contributed by atoms with Gasteiger partial charge in [0.15, 0.2) is 0 Å². The molecule has 1 aromatic rings. The van der Waals surface area contributed by atoms with Gasteiger partial charge in [0.05, 0.1) is 0 Å². The molecular weight excluding hydrogens is 170 g/mol. The molecule has 0 unspecified atom stereocenters. The van der Waals surface area contributed by atoms with Crippen molar-refractivity contribution in [3.63, 3.8) is 0 Å². The molecule has 0 saturated carbocycles. The molecule has 0 aliphatic carbocycles. The summed E-state index contributed by atoms with van der Waals surface area (Å²) >= 11 is 1.70. The summed E-state index contributed by atoms with van der Waals surface area (Å²) in [5.74, 6) is 0. The normalized spacial score (nSPS) is 12.0. The van der Waals surface area contributed by atoms with E-state index >= 15 is 0 Å². The van der Waals surface area contributed by atoms with Crippen molar-refractivity contribution in [1.29, 1.82) is 0 Å². The Morgan fingerprint density at radius 3 is 2.67 bits per heavy atom. The Kier molecular flexibility index (Phi) is 2.85. The maximum absolute atomic E-state index is 5.58. The number of aromatic nitrogens is 1. The molecule has 12 heavy (non-hydrogen) atoms. The number of rotatable bonds is 3. The molecule has 0 saturated heterocycles. The molecular formula is C9H15NOS. The van der Waals surface area contributed by atoms with Crippen molar-refractivity contribution in [2.24, 2.45) is 0 Å². The van der Waals surface area contributed by atoms with E-state index in [0.29, 0.717) is 0 Å². The molecule has 0 spiro atoms. The summed E-state index contributed by atoms with van der Waals surface area (Å²) in [6.07, 6.45) is 1.89. The lowest BCUT2D eigenvalue weighted by atomic mass is 10.1. The second kappa shape index (κ2) is 3.54. The Hall–Kier alpha value is -0.410. The van der Waals surface area contributed by atoms with Crippen LogP contribution in [-0.4, -0.2) is 11.6 Å². The number of hydrogen-bond donors (Lipinski definition) is 0. The minimum absolute atomic E-state index is 0.228. The van der Waals surface area contributed by atoms with Crippen LogP contribution in [0, 0.1) is 6.92 Å². The third-order valence-corrected chi connectivity index (χ3v) is 2.86. The van der Waals surface area contributed by atoms with E-state index in [0.717, 1.165) is 11.6 Å². The standard InChI is InChI=1S/C9H15NOS/c1-5-11-9(3,4)8-10-6-7(2)12-8/h6H,5H2,1-4H3. The van der Waals surface area contributed by atoms with E-state index in [-0.39, 0.29) is 5.60 Å². The van der Waals surface area contributed by atoms with E-state index in [1.54, 1.807) is 11.3 Å². The van der Waals surface area contributed by atoms with Crippen molar-refractivity contribution in [2.75, 3.05) is 6.61 Å². The lowest BCUT2D eigenvalue weighted by Crippen LogP contribution is -2.21. The number of thiazole rings is 1. The van der Waals surface area contributed by atoms with E-state index in [1.807, 2.05) is 13.1 Å². The van der Waals surface area contributed by atoms with Crippen molar-refractivity contribution in [2.45, 2.75) is 33.3 Å². The molecule has 0 bridgehead atoms. The molecule has 3 heteroatoms. The Balaban J connectivity index is 2.81. The second-order valence-corrected chi connectivity index (χ2v) is 4.45. The average Bonchev–Trinajstić information content (AvgIpc) is 2.36. The molecule has 0 aliphatic rings. The van der Waals surface area contributed by atoms with E-state index in [1.165, 1.54) is 4.88 Å². The van der Waals surface area contributed by atoms with E-state index in [4.69, 9.17) is 4.74 Å². The first kappa shape index (κ1) is 9.68. The number of hydrogen-bond acceptors (Lipinski definition) is 3. The molecule has 0 N–H and O–H groups in total. The SMILES string of the molecule is CCOC(C)(C)c1ncc(C)s1. The Morgan fingerprint density at radius 2 is 2.25 bits per heavy atom. The quantitative estimate of drug-likeness (QED) is 0.722. The molecule has 1 aromatic heterocycles. The number of aryl methyl sites for hydroxylation is 1. The van der Waals surface area contributed by atoms with Gasteiger partial charge in [-0.05, 0) is 27.7 Å². The van der Waals surface area contributed by atoms with Gasteiger partial charge in [0, 0.05) is 17.7 Å². The zero-order valence-corrected chi connectivity index (χ0v) is 8.86. The summed E-state index contributed by atoms with van der Waals surface area (Å²) in [6, 6.07) is 0. The van der Waals surface area contributed by atoms with Crippen LogP contribution in [0.5, 0.6) is 0 Å². The predicted molar refractivity (Wildman–Crippen MR) is 51.5 cm³/mol. The molecule has 0 fully saturated rings. The summed E-state index contributed by atoms with van der Waals surface area (Å²) in [5, 5.41) is 1.06. The van der Waals surface area contributed by atoms with Gasteiger partial charge in [-0.25, -0.2) is 4.98 Å². The fourth-order valence-corrected chi connectivity index (χ4v) is 1.88. The van der Waals surface area contributed by atoms with Gasteiger partial charge in [0.2, 0.25) is 0 Å². The first-order chi connectivity index (χ1) is 5.56. The first-order valence-electron chi connectivity index (χ1n) is 4.13. The third kappa shape index (κ3) is 2.05. The van der Waals surface area contributed by atoms with Crippen molar-refractivity contribution < 1.29 is 4.74 Å². The lowest BCUT2D eigenvalue weighted by Gasteiger charge is -2.21. The second-order valence-electron chi connectivity index (χ2n) is 3.22. The van der Waals surface area contributed by atoms with Crippen molar-refractivity contribution >= 4 is 11.3 Å². The number of ether oxygens (including phenoxy) is 1. The van der Waals surface area contributed by atoms with Gasteiger partial charge in [-0.15, -0.1) is 11.3 Å². The van der Waals surface area contributed by atoms with Crippen LogP contribution in [0.2, 0.25) is 0 Å². The summed E-state index contributed by atoms with van der Waals surface area (Å²) in [7, 11) is 0. The zero-order valence-electron chi connectivity index (χ0n) is 8.05. The molecule has 0 amide bonds. The number of nitrogens with zero attached hydrogens (tertiary/aromatic N) is 1. The molecule has 0 radical (unpaired) electrons. The van der Waals surface area contributed by atoms with Gasteiger partial charge in [0.1, 0.15) is 10.6 Å². The minimum atomic E-state index is -0.228. The van der Waals surface area contributed by atoms with Gasteiger partial charge in [-0.1, -0.05) is 0 Å². The maximum atomic E-state index is 5.58. The summed E-state index contributed by atoms with van der Waals surface area (Å²) < 4.78 is 5.58. The van der Waals surface area contributed by atoms with Crippen molar-refractivity contribution in [1.82, 2.24) is 4.98 Å². The molecule has 68 valence electrons. The molecule has 0 aromatic carbocycles. The highest BCUT2D eigenvalue weighted by Gasteiger charge is 2.23. The van der Waals surface area contributed by atoms with E-state index in [9.17, 15) is 0 Å². The van der Waals surface area contributed by atoms with E-state index < -0.39 is 0 Å². The van der Waals surface area contributed by atoms with Gasteiger partial charge in [-0.2, -0.15) is 0 Å². The van der Waals surface area contributed by atoms with Crippen LogP contribution in [0.25, 0.3) is 0 Å². The maximum Gasteiger partial charge on any atom is 0.124 e.